The fourth-order valence-electron chi connectivity index (χ4n) is 3.51. The van der Waals surface area contributed by atoms with E-state index in [1.807, 2.05) is 19.9 Å². The number of halogens is 1. The third kappa shape index (κ3) is 3.28. The molecule has 0 saturated carbocycles. The van der Waals surface area contributed by atoms with E-state index < -0.39 is 10.0 Å². The van der Waals surface area contributed by atoms with Gasteiger partial charge in [-0.1, -0.05) is 17.7 Å². The molecule has 2 aromatic rings. The first-order chi connectivity index (χ1) is 11.7. The van der Waals surface area contributed by atoms with Crippen LogP contribution in [0.1, 0.15) is 22.5 Å². The number of piperazine rings is 1. The number of nitrogens with one attached hydrogen (secondary N) is 1. The van der Waals surface area contributed by atoms with Gasteiger partial charge in [0.25, 0.3) is 0 Å². The number of benzene rings is 1. The highest BCUT2D eigenvalue weighted by molar-refractivity contribution is 7.89. The van der Waals surface area contributed by atoms with Crippen LogP contribution >= 0.6 is 11.6 Å². The molecule has 0 aliphatic carbocycles. The monoisotopic (exact) mass is 382 g/mol. The van der Waals surface area contributed by atoms with Crippen molar-refractivity contribution in [3.05, 3.63) is 39.7 Å². The van der Waals surface area contributed by atoms with Crippen LogP contribution in [0.15, 0.2) is 17.0 Å². The molecule has 8 heteroatoms. The van der Waals surface area contributed by atoms with Crippen LogP contribution in [0.25, 0.3) is 0 Å². The van der Waals surface area contributed by atoms with E-state index in [0.29, 0.717) is 42.5 Å². The Morgan fingerprint density at radius 3 is 2.24 bits per heavy atom. The van der Waals surface area contributed by atoms with Crippen LogP contribution in [0.4, 0.5) is 5.69 Å². The molecule has 1 aliphatic rings. The lowest BCUT2D eigenvalue weighted by Gasteiger charge is -2.36. The predicted molar refractivity (Wildman–Crippen MR) is 100.0 cm³/mol. The molecule has 1 saturated heterocycles. The fourth-order valence-corrected chi connectivity index (χ4v) is 5.70. The molecule has 0 amide bonds. The second-order valence-electron chi connectivity index (χ2n) is 6.57. The van der Waals surface area contributed by atoms with Crippen LogP contribution in [0.5, 0.6) is 0 Å². The van der Waals surface area contributed by atoms with Gasteiger partial charge >= 0.3 is 0 Å². The number of rotatable bonds is 3. The van der Waals surface area contributed by atoms with Crippen LogP contribution in [-0.2, 0) is 10.0 Å². The Kier molecular flexibility index (Phi) is 4.83. The van der Waals surface area contributed by atoms with Crippen molar-refractivity contribution in [1.29, 1.82) is 0 Å². The van der Waals surface area contributed by atoms with E-state index in [1.165, 1.54) is 4.31 Å². The number of nitrogens with zero attached hydrogens (tertiary/aromatic N) is 3. The molecule has 0 spiro atoms. The minimum absolute atomic E-state index is 0.297. The minimum atomic E-state index is -3.53. The number of hydrogen-bond donors (Lipinski definition) is 1. The summed E-state index contributed by atoms with van der Waals surface area (Å²) >= 11 is 6.43. The van der Waals surface area contributed by atoms with E-state index in [9.17, 15) is 8.42 Å². The quantitative estimate of drug-likeness (QED) is 0.886. The Balaban J connectivity index is 1.81. The largest absolute Gasteiger partial charge is 0.367 e. The topological polar surface area (TPSA) is 69.3 Å². The normalized spacial score (nSPS) is 16.4. The highest BCUT2D eigenvalue weighted by atomic mass is 35.5. The van der Waals surface area contributed by atoms with Crippen LogP contribution in [-0.4, -0.2) is 49.1 Å². The van der Waals surface area contributed by atoms with Gasteiger partial charge in [-0.15, -0.1) is 0 Å². The third-order valence-corrected chi connectivity index (χ3v) is 7.06. The van der Waals surface area contributed by atoms with Gasteiger partial charge in [-0.2, -0.15) is 9.40 Å². The van der Waals surface area contributed by atoms with Crippen molar-refractivity contribution in [3.8, 4) is 0 Å². The molecule has 2 heterocycles. The van der Waals surface area contributed by atoms with E-state index >= 15 is 0 Å². The molecule has 136 valence electrons. The zero-order valence-corrected chi connectivity index (χ0v) is 16.5. The third-order valence-electron chi connectivity index (χ3n) is 4.61. The average molecular weight is 383 g/mol. The summed E-state index contributed by atoms with van der Waals surface area (Å²) in [5, 5.41) is 7.48. The summed E-state index contributed by atoms with van der Waals surface area (Å²) in [4.78, 5) is 2.46. The maximum atomic E-state index is 12.9. The van der Waals surface area contributed by atoms with Crippen molar-refractivity contribution in [2.24, 2.45) is 0 Å². The summed E-state index contributed by atoms with van der Waals surface area (Å²) in [6, 6.07) is 4.05. The number of aromatic amines is 1. The van der Waals surface area contributed by atoms with Crippen molar-refractivity contribution in [3.63, 3.8) is 0 Å². The first-order valence-corrected chi connectivity index (χ1v) is 10.1. The molecule has 0 bridgehead atoms. The van der Waals surface area contributed by atoms with Crippen molar-refractivity contribution < 1.29 is 8.42 Å². The summed E-state index contributed by atoms with van der Waals surface area (Å²) in [6.07, 6.45) is 0. The second kappa shape index (κ2) is 6.63. The first-order valence-electron chi connectivity index (χ1n) is 8.25. The summed E-state index contributed by atoms with van der Waals surface area (Å²) in [6.45, 7) is 9.57. The second-order valence-corrected chi connectivity index (χ2v) is 8.85. The van der Waals surface area contributed by atoms with Gasteiger partial charge in [-0.3, -0.25) is 5.10 Å². The number of aryl methyl sites for hydroxylation is 4. The molecule has 3 rings (SSSR count). The first kappa shape index (κ1) is 18.2. The van der Waals surface area contributed by atoms with Gasteiger partial charge in [-0.25, -0.2) is 8.42 Å². The predicted octanol–water partition coefficient (Wildman–Crippen LogP) is 2.81. The average Bonchev–Trinajstić information content (AvgIpc) is 2.86. The molecule has 0 unspecified atom stereocenters. The van der Waals surface area contributed by atoms with E-state index in [4.69, 9.17) is 11.6 Å². The molecule has 0 atom stereocenters. The Labute approximate surface area is 153 Å². The van der Waals surface area contributed by atoms with Gasteiger partial charge < -0.3 is 4.90 Å². The number of hydrogen-bond acceptors (Lipinski definition) is 4. The van der Waals surface area contributed by atoms with E-state index in [1.54, 1.807) is 13.8 Å². The van der Waals surface area contributed by atoms with Crippen LogP contribution < -0.4 is 4.90 Å². The van der Waals surface area contributed by atoms with Crippen molar-refractivity contribution in [2.45, 2.75) is 32.6 Å². The van der Waals surface area contributed by atoms with Crippen LogP contribution in [0.3, 0.4) is 0 Å². The summed E-state index contributed by atoms with van der Waals surface area (Å²) in [5.74, 6) is 0. The number of sulfonamides is 1. The lowest BCUT2D eigenvalue weighted by Crippen LogP contribution is -2.49. The molecule has 25 heavy (non-hydrogen) atoms. The number of aromatic nitrogens is 2. The van der Waals surface area contributed by atoms with Gasteiger partial charge in [0.1, 0.15) is 4.90 Å². The maximum absolute atomic E-state index is 12.9. The highest BCUT2D eigenvalue weighted by Gasteiger charge is 2.32. The molecule has 1 aromatic heterocycles. The molecular formula is C17H23ClN4O2S. The van der Waals surface area contributed by atoms with Gasteiger partial charge in [0, 0.05) is 26.2 Å². The van der Waals surface area contributed by atoms with Gasteiger partial charge in [0.15, 0.2) is 0 Å². The van der Waals surface area contributed by atoms with E-state index in [2.05, 4.69) is 21.2 Å². The highest BCUT2D eigenvalue weighted by Crippen LogP contribution is 2.32. The van der Waals surface area contributed by atoms with Gasteiger partial charge in [0.05, 0.1) is 22.1 Å². The van der Waals surface area contributed by atoms with Crippen molar-refractivity contribution in [2.75, 3.05) is 31.1 Å². The van der Waals surface area contributed by atoms with E-state index in [-0.39, 0.29) is 0 Å². The summed E-state index contributed by atoms with van der Waals surface area (Å²) < 4.78 is 27.4. The molecule has 1 fully saturated rings. The molecule has 0 radical (unpaired) electrons. The lowest BCUT2D eigenvalue weighted by atomic mass is 10.1. The lowest BCUT2D eigenvalue weighted by molar-refractivity contribution is 0.384. The standard InChI is InChI=1S/C17H23ClN4O2S/c1-11-9-12(2)16(15(18)10-11)21-5-7-22(8-6-21)25(23,24)17-13(3)19-20-14(17)4/h9-10H,5-8H2,1-4H3,(H,19,20). The molecule has 1 aliphatic heterocycles. The zero-order chi connectivity index (χ0) is 18.4. The summed E-state index contributed by atoms with van der Waals surface area (Å²) in [7, 11) is -3.53. The number of H-pyrrole nitrogens is 1. The molecule has 1 aromatic carbocycles. The van der Waals surface area contributed by atoms with Crippen molar-refractivity contribution in [1.82, 2.24) is 14.5 Å². The van der Waals surface area contributed by atoms with Crippen LogP contribution in [0.2, 0.25) is 5.02 Å². The van der Waals surface area contributed by atoms with Crippen molar-refractivity contribution >= 4 is 27.3 Å². The molecular weight excluding hydrogens is 360 g/mol. The fraction of sp³-hybridized carbons (Fsp3) is 0.471. The maximum Gasteiger partial charge on any atom is 0.246 e. The Morgan fingerprint density at radius 2 is 1.72 bits per heavy atom. The SMILES string of the molecule is Cc1cc(C)c(N2CCN(S(=O)(=O)c3c(C)n[nH]c3C)CC2)c(Cl)c1. The van der Waals surface area contributed by atoms with Crippen LogP contribution in [0, 0.1) is 27.7 Å². The minimum Gasteiger partial charge on any atom is -0.367 e. The molecule has 6 nitrogen and oxygen atoms in total. The van der Waals surface area contributed by atoms with Gasteiger partial charge in [0.2, 0.25) is 10.0 Å². The van der Waals surface area contributed by atoms with E-state index in [0.717, 1.165) is 21.8 Å². The zero-order valence-electron chi connectivity index (χ0n) is 14.9. The summed E-state index contributed by atoms with van der Waals surface area (Å²) in [5.41, 5.74) is 4.33. The Bertz CT molecular complexity index is 857. The number of anilines is 1. The Morgan fingerprint density at radius 1 is 1.08 bits per heavy atom. The van der Waals surface area contributed by atoms with Gasteiger partial charge in [-0.05, 0) is 44.9 Å². The smallest absolute Gasteiger partial charge is 0.246 e. The molecule has 1 N–H and O–H groups in total. The Hall–Kier alpha value is -1.57.